The maximum atomic E-state index is 12.3. The molecule has 7 heteroatoms. The molecule has 0 N–H and O–H groups in total. The molecule has 0 spiro atoms. The Kier molecular flexibility index (Phi) is 4.73. The molecule has 7 nitrogen and oxygen atoms in total. The van der Waals surface area contributed by atoms with Crippen LogP contribution in [-0.4, -0.2) is 64.7 Å². The topological polar surface area (TPSA) is 71.7 Å². The van der Waals surface area contributed by atoms with Crippen LogP contribution in [0.5, 0.6) is 0 Å². The summed E-state index contributed by atoms with van der Waals surface area (Å²) < 4.78 is 10.8. The van der Waals surface area contributed by atoms with Gasteiger partial charge in [-0.2, -0.15) is 4.98 Å². The first-order chi connectivity index (χ1) is 10.6. The number of nitrogens with zero attached hydrogens (tertiary/aromatic N) is 4. The second kappa shape index (κ2) is 6.75. The molecule has 0 aliphatic carbocycles. The van der Waals surface area contributed by atoms with Crippen LogP contribution in [0.1, 0.15) is 44.3 Å². The number of piperazine rings is 1. The van der Waals surface area contributed by atoms with E-state index in [0.717, 1.165) is 44.8 Å². The molecule has 0 bridgehead atoms. The van der Waals surface area contributed by atoms with Crippen molar-refractivity contribution in [3.63, 3.8) is 0 Å². The molecular weight excluding hydrogens is 284 g/mol. The van der Waals surface area contributed by atoms with Crippen molar-refractivity contribution in [1.29, 1.82) is 0 Å². The zero-order chi connectivity index (χ0) is 15.5. The number of amides is 1. The predicted molar refractivity (Wildman–Crippen MR) is 79.2 cm³/mol. The maximum Gasteiger partial charge on any atom is 0.251 e. The number of aromatic nitrogens is 2. The van der Waals surface area contributed by atoms with E-state index in [-0.39, 0.29) is 17.9 Å². The van der Waals surface area contributed by atoms with Gasteiger partial charge in [-0.05, 0) is 12.8 Å². The van der Waals surface area contributed by atoms with Gasteiger partial charge in [0.05, 0.1) is 6.54 Å². The quantitative estimate of drug-likeness (QED) is 0.827. The summed E-state index contributed by atoms with van der Waals surface area (Å²) in [7, 11) is 0. The Hall–Kier alpha value is -1.47. The minimum Gasteiger partial charge on any atom is -0.368 e. The summed E-state index contributed by atoms with van der Waals surface area (Å²) in [5.41, 5.74) is 0. The first kappa shape index (κ1) is 15.4. The number of carbonyl (C=O) groups is 1. The Morgan fingerprint density at radius 1 is 1.32 bits per heavy atom. The first-order valence-electron chi connectivity index (χ1n) is 8.08. The maximum absolute atomic E-state index is 12.3. The van der Waals surface area contributed by atoms with Crippen LogP contribution in [0.25, 0.3) is 0 Å². The van der Waals surface area contributed by atoms with Crippen LogP contribution in [0.2, 0.25) is 0 Å². The number of hydrogen-bond donors (Lipinski definition) is 0. The minimum absolute atomic E-state index is 0.150. The van der Waals surface area contributed by atoms with Crippen molar-refractivity contribution in [2.75, 3.05) is 32.8 Å². The SMILES string of the molecule is CC(C)c1noc(CN2CCN(C(=O)C3CCCO3)CC2)n1. The minimum atomic E-state index is -0.212. The van der Waals surface area contributed by atoms with Gasteiger partial charge < -0.3 is 14.2 Å². The van der Waals surface area contributed by atoms with E-state index in [4.69, 9.17) is 9.26 Å². The summed E-state index contributed by atoms with van der Waals surface area (Å²) >= 11 is 0. The second-order valence-corrected chi connectivity index (χ2v) is 6.30. The van der Waals surface area contributed by atoms with Gasteiger partial charge in [-0.1, -0.05) is 19.0 Å². The molecule has 1 aromatic rings. The Bertz CT molecular complexity index is 503. The van der Waals surface area contributed by atoms with Gasteiger partial charge in [-0.25, -0.2) is 0 Å². The Balaban J connectivity index is 1.47. The fourth-order valence-corrected chi connectivity index (χ4v) is 2.86. The monoisotopic (exact) mass is 308 g/mol. The molecule has 1 amide bonds. The largest absolute Gasteiger partial charge is 0.368 e. The standard InChI is InChI=1S/C15H24N4O3/c1-11(2)14-16-13(22-17-14)10-18-5-7-19(8-6-18)15(20)12-4-3-9-21-12/h11-12H,3-10H2,1-2H3. The summed E-state index contributed by atoms with van der Waals surface area (Å²) in [5, 5.41) is 3.98. The van der Waals surface area contributed by atoms with Crippen molar-refractivity contribution in [1.82, 2.24) is 19.9 Å². The lowest BCUT2D eigenvalue weighted by atomic mass is 10.2. The molecule has 0 saturated carbocycles. The molecule has 122 valence electrons. The number of ether oxygens (including phenoxy) is 1. The zero-order valence-corrected chi connectivity index (χ0v) is 13.3. The van der Waals surface area contributed by atoms with Gasteiger partial charge in [0.15, 0.2) is 5.82 Å². The van der Waals surface area contributed by atoms with E-state index in [1.54, 1.807) is 0 Å². The van der Waals surface area contributed by atoms with Crippen molar-refractivity contribution in [2.45, 2.75) is 45.3 Å². The highest BCUT2D eigenvalue weighted by molar-refractivity contribution is 5.81. The summed E-state index contributed by atoms with van der Waals surface area (Å²) in [6.07, 6.45) is 1.64. The molecule has 2 aliphatic heterocycles. The molecule has 2 aliphatic rings. The van der Waals surface area contributed by atoms with Gasteiger partial charge in [0.1, 0.15) is 6.10 Å². The Morgan fingerprint density at radius 3 is 2.68 bits per heavy atom. The van der Waals surface area contributed by atoms with Crippen molar-refractivity contribution in [3.8, 4) is 0 Å². The molecule has 1 aromatic heterocycles. The van der Waals surface area contributed by atoms with Gasteiger partial charge in [0.25, 0.3) is 5.91 Å². The number of hydrogen-bond acceptors (Lipinski definition) is 6. The fourth-order valence-electron chi connectivity index (χ4n) is 2.86. The highest BCUT2D eigenvalue weighted by Gasteiger charge is 2.30. The second-order valence-electron chi connectivity index (χ2n) is 6.30. The highest BCUT2D eigenvalue weighted by Crippen LogP contribution is 2.17. The molecule has 22 heavy (non-hydrogen) atoms. The summed E-state index contributed by atoms with van der Waals surface area (Å²) in [6.45, 7) is 8.60. The highest BCUT2D eigenvalue weighted by atomic mass is 16.5. The van der Waals surface area contributed by atoms with Crippen LogP contribution in [-0.2, 0) is 16.1 Å². The van der Waals surface area contributed by atoms with Gasteiger partial charge in [0, 0.05) is 38.7 Å². The van der Waals surface area contributed by atoms with Crippen LogP contribution in [0.4, 0.5) is 0 Å². The van der Waals surface area contributed by atoms with E-state index < -0.39 is 0 Å². The van der Waals surface area contributed by atoms with E-state index in [1.165, 1.54) is 0 Å². The van der Waals surface area contributed by atoms with Gasteiger partial charge in [0.2, 0.25) is 5.89 Å². The predicted octanol–water partition coefficient (Wildman–Crippen LogP) is 1.02. The lowest BCUT2D eigenvalue weighted by Crippen LogP contribution is -2.51. The van der Waals surface area contributed by atoms with Crippen molar-refractivity contribution >= 4 is 5.91 Å². The lowest BCUT2D eigenvalue weighted by Gasteiger charge is -2.35. The van der Waals surface area contributed by atoms with Gasteiger partial charge in [-0.3, -0.25) is 9.69 Å². The molecule has 0 aromatic carbocycles. The summed E-state index contributed by atoms with van der Waals surface area (Å²) in [6, 6.07) is 0. The lowest BCUT2D eigenvalue weighted by molar-refractivity contribution is -0.142. The Morgan fingerprint density at radius 2 is 2.09 bits per heavy atom. The fraction of sp³-hybridized carbons (Fsp3) is 0.800. The van der Waals surface area contributed by atoms with Crippen LogP contribution in [0, 0.1) is 0 Å². The molecule has 3 heterocycles. The molecule has 3 rings (SSSR count). The van der Waals surface area contributed by atoms with Gasteiger partial charge in [-0.15, -0.1) is 0 Å². The van der Waals surface area contributed by atoms with E-state index in [9.17, 15) is 4.79 Å². The summed E-state index contributed by atoms with van der Waals surface area (Å²) in [4.78, 5) is 20.8. The van der Waals surface area contributed by atoms with E-state index in [1.807, 2.05) is 18.7 Å². The third kappa shape index (κ3) is 3.47. The zero-order valence-electron chi connectivity index (χ0n) is 13.3. The molecule has 1 atom stereocenters. The Labute approximate surface area is 130 Å². The van der Waals surface area contributed by atoms with Crippen LogP contribution < -0.4 is 0 Å². The smallest absolute Gasteiger partial charge is 0.251 e. The molecule has 2 fully saturated rings. The average molecular weight is 308 g/mol. The molecule has 0 radical (unpaired) electrons. The van der Waals surface area contributed by atoms with Crippen LogP contribution in [0.3, 0.4) is 0 Å². The van der Waals surface area contributed by atoms with Crippen LogP contribution >= 0.6 is 0 Å². The van der Waals surface area contributed by atoms with Crippen molar-refractivity contribution < 1.29 is 14.1 Å². The van der Waals surface area contributed by atoms with E-state index >= 15 is 0 Å². The van der Waals surface area contributed by atoms with E-state index in [0.29, 0.717) is 19.0 Å². The normalized spacial score (nSPS) is 23.4. The summed E-state index contributed by atoms with van der Waals surface area (Å²) in [5.74, 6) is 1.83. The third-order valence-electron chi connectivity index (χ3n) is 4.25. The average Bonchev–Trinajstić information content (AvgIpc) is 3.19. The number of rotatable bonds is 4. The van der Waals surface area contributed by atoms with Crippen molar-refractivity contribution in [2.24, 2.45) is 0 Å². The van der Waals surface area contributed by atoms with Crippen LogP contribution in [0.15, 0.2) is 4.52 Å². The molecule has 2 saturated heterocycles. The molecule has 1 unspecified atom stereocenters. The van der Waals surface area contributed by atoms with E-state index in [2.05, 4.69) is 15.0 Å². The van der Waals surface area contributed by atoms with Crippen molar-refractivity contribution in [3.05, 3.63) is 11.7 Å². The van der Waals surface area contributed by atoms with Gasteiger partial charge >= 0.3 is 0 Å². The molecular formula is C15H24N4O3. The third-order valence-corrected chi connectivity index (χ3v) is 4.25. The number of carbonyl (C=O) groups excluding carboxylic acids is 1. The first-order valence-corrected chi connectivity index (χ1v) is 8.08.